The molecule has 0 unspecified atom stereocenters. The molecule has 8 heteroatoms. The average molecular weight is 423 g/mol. The van der Waals surface area contributed by atoms with Gasteiger partial charge in [0.2, 0.25) is 11.5 Å². The Morgan fingerprint density at radius 3 is 2.66 bits per heavy atom. The third kappa shape index (κ3) is 5.29. The fourth-order valence-corrected chi connectivity index (χ4v) is 3.70. The molecular formula is C21H27ClN2O5. The molecule has 2 aliphatic rings. The summed E-state index contributed by atoms with van der Waals surface area (Å²) in [6, 6.07) is 7.37. The van der Waals surface area contributed by atoms with Gasteiger partial charge < -0.3 is 18.7 Å². The summed E-state index contributed by atoms with van der Waals surface area (Å²) in [6.45, 7) is 3.14. The summed E-state index contributed by atoms with van der Waals surface area (Å²) in [5, 5.41) is 4.09. The molecule has 2 fully saturated rings. The van der Waals surface area contributed by atoms with Crippen LogP contribution in [0.3, 0.4) is 0 Å². The van der Waals surface area contributed by atoms with Crippen LogP contribution >= 0.6 is 12.4 Å². The van der Waals surface area contributed by atoms with Crippen molar-refractivity contribution in [1.29, 1.82) is 0 Å². The average Bonchev–Trinajstić information content (AvgIpc) is 3.41. The second-order valence-electron chi connectivity index (χ2n) is 7.28. The number of rotatable bonds is 7. The highest BCUT2D eigenvalue weighted by Gasteiger charge is 2.21. The van der Waals surface area contributed by atoms with Crippen molar-refractivity contribution >= 4 is 18.2 Å². The number of hydrogen-bond donors (Lipinski definition) is 0. The van der Waals surface area contributed by atoms with E-state index in [1.54, 1.807) is 13.2 Å². The van der Waals surface area contributed by atoms with Crippen molar-refractivity contribution in [1.82, 2.24) is 10.1 Å². The lowest BCUT2D eigenvalue weighted by Crippen LogP contribution is -2.39. The van der Waals surface area contributed by atoms with Crippen LogP contribution in [0.15, 0.2) is 28.8 Å². The molecule has 29 heavy (non-hydrogen) atoms. The number of morpholine rings is 1. The second-order valence-corrected chi connectivity index (χ2v) is 7.28. The fraction of sp³-hybridized carbons (Fsp3) is 0.524. The minimum absolute atomic E-state index is 0. The molecule has 0 bridgehead atoms. The van der Waals surface area contributed by atoms with Crippen LogP contribution in [0.5, 0.6) is 11.5 Å². The lowest BCUT2D eigenvalue weighted by Gasteiger charge is -2.25. The Morgan fingerprint density at radius 1 is 1.17 bits per heavy atom. The molecule has 2 aromatic rings. The highest BCUT2D eigenvalue weighted by atomic mass is 35.5. The van der Waals surface area contributed by atoms with Crippen LogP contribution in [-0.2, 0) is 4.74 Å². The Kier molecular flexibility index (Phi) is 7.52. The number of ketones is 1. The van der Waals surface area contributed by atoms with Crippen molar-refractivity contribution in [3.63, 3.8) is 0 Å². The number of ether oxygens (including phenoxy) is 3. The monoisotopic (exact) mass is 422 g/mol. The zero-order valence-corrected chi connectivity index (χ0v) is 17.4. The molecule has 2 heterocycles. The first-order valence-corrected chi connectivity index (χ1v) is 9.88. The molecule has 4 rings (SSSR count). The third-order valence-corrected chi connectivity index (χ3v) is 5.31. The number of benzene rings is 1. The highest BCUT2D eigenvalue weighted by molar-refractivity contribution is 5.95. The smallest absolute Gasteiger partial charge is 0.214 e. The molecule has 1 aliphatic heterocycles. The van der Waals surface area contributed by atoms with E-state index < -0.39 is 0 Å². The van der Waals surface area contributed by atoms with Crippen molar-refractivity contribution in [3.05, 3.63) is 30.0 Å². The van der Waals surface area contributed by atoms with E-state index in [0.717, 1.165) is 31.5 Å². The quantitative estimate of drug-likeness (QED) is 0.631. The summed E-state index contributed by atoms with van der Waals surface area (Å²) in [5.74, 6) is 1.60. The molecule has 7 nitrogen and oxygen atoms in total. The van der Waals surface area contributed by atoms with Gasteiger partial charge in [0, 0.05) is 24.7 Å². The van der Waals surface area contributed by atoms with Crippen molar-refractivity contribution in [2.45, 2.75) is 31.8 Å². The van der Waals surface area contributed by atoms with Gasteiger partial charge in [0.25, 0.3) is 0 Å². The number of nitrogens with zero attached hydrogens (tertiary/aromatic N) is 2. The number of Topliss-reactive ketones (excluding diaryl/α,β-unsaturated/α-hetero) is 1. The van der Waals surface area contributed by atoms with Gasteiger partial charge in [-0.1, -0.05) is 5.16 Å². The van der Waals surface area contributed by atoms with Crippen molar-refractivity contribution < 1.29 is 23.5 Å². The van der Waals surface area contributed by atoms with Gasteiger partial charge in [0.1, 0.15) is 5.69 Å². The first-order valence-electron chi connectivity index (χ1n) is 9.88. The maximum atomic E-state index is 12.5. The van der Waals surface area contributed by atoms with Gasteiger partial charge in [-0.05, 0) is 43.9 Å². The van der Waals surface area contributed by atoms with Crippen LogP contribution < -0.4 is 9.47 Å². The van der Waals surface area contributed by atoms with Crippen molar-refractivity contribution in [3.8, 4) is 22.8 Å². The summed E-state index contributed by atoms with van der Waals surface area (Å²) in [4.78, 5) is 14.6. The molecule has 1 saturated carbocycles. The summed E-state index contributed by atoms with van der Waals surface area (Å²) in [6.07, 6.45) is 4.76. The molecule has 1 aliphatic carbocycles. The summed E-state index contributed by atoms with van der Waals surface area (Å²) in [7, 11) is 1.63. The minimum atomic E-state index is -0.0726. The second kappa shape index (κ2) is 10.1. The van der Waals surface area contributed by atoms with Gasteiger partial charge in [-0.15, -0.1) is 12.4 Å². The lowest BCUT2D eigenvalue weighted by atomic mass is 10.1. The number of halogens is 1. The van der Waals surface area contributed by atoms with Gasteiger partial charge in [0.05, 0.1) is 33.0 Å². The maximum Gasteiger partial charge on any atom is 0.214 e. The van der Waals surface area contributed by atoms with E-state index in [1.807, 2.05) is 18.2 Å². The predicted molar refractivity (Wildman–Crippen MR) is 110 cm³/mol. The van der Waals surface area contributed by atoms with E-state index in [2.05, 4.69) is 10.1 Å². The van der Waals surface area contributed by atoms with Crippen molar-refractivity contribution in [2.24, 2.45) is 0 Å². The van der Waals surface area contributed by atoms with E-state index in [1.165, 1.54) is 12.8 Å². The van der Waals surface area contributed by atoms with Gasteiger partial charge in [-0.3, -0.25) is 9.69 Å². The molecule has 1 saturated heterocycles. The molecule has 0 atom stereocenters. The SMILES string of the molecule is COc1ccc(-c2cc(C(=O)CN3CCOCC3)on2)cc1OC1CCCC1.Cl. The first-order chi connectivity index (χ1) is 13.7. The van der Waals surface area contributed by atoms with Crippen LogP contribution in [0.1, 0.15) is 36.2 Å². The predicted octanol–water partition coefficient (Wildman–Crippen LogP) is 3.61. The molecule has 158 valence electrons. The molecule has 0 amide bonds. The van der Waals surface area contributed by atoms with Crippen LogP contribution in [0.2, 0.25) is 0 Å². The Bertz CT molecular complexity index is 813. The topological polar surface area (TPSA) is 74.0 Å². The zero-order valence-electron chi connectivity index (χ0n) is 16.6. The van der Waals surface area contributed by atoms with Crippen LogP contribution in [0, 0.1) is 0 Å². The molecule has 0 N–H and O–H groups in total. The first kappa shape index (κ1) is 21.6. The normalized spacial score (nSPS) is 17.7. The van der Waals surface area contributed by atoms with Crippen molar-refractivity contribution in [2.75, 3.05) is 40.0 Å². The van der Waals surface area contributed by atoms with E-state index in [4.69, 9.17) is 18.7 Å². The minimum Gasteiger partial charge on any atom is -0.493 e. The Labute approximate surface area is 176 Å². The standard InChI is InChI=1S/C21H26N2O5.ClH/c1-25-19-7-6-15(12-21(19)27-16-4-2-3-5-16)17-13-20(28-22-17)18(24)14-23-8-10-26-11-9-23;/h6-7,12-13,16H,2-5,8-11,14H2,1H3;1H. The fourth-order valence-electron chi connectivity index (χ4n) is 3.70. The van der Waals surface area contributed by atoms with E-state index in [-0.39, 0.29) is 30.1 Å². The van der Waals surface area contributed by atoms with Crippen LogP contribution in [0.25, 0.3) is 11.3 Å². The summed E-state index contributed by atoms with van der Waals surface area (Å²) in [5.41, 5.74) is 1.45. The summed E-state index contributed by atoms with van der Waals surface area (Å²) >= 11 is 0. The molecular weight excluding hydrogens is 396 g/mol. The number of hydrogen-bond acceptors (Lipinski definition) is 7. The summed E-state index contributed by atoms with van der Waals surface area (Å²) < 4.78 is 22.2. The Balaban J connectivity index is 0.00000240. The molecule has 0 spiro atoms. The zero-order chi connectivity index (χ0) is 19.3. The Hall–Kier alpha value is -2.09. The van der Waals surface area contributed by atoms with Crippen LogP contribution in [0.4, 0.5) is 0 Å². The Morgan fingerprint density at radius 2 is 1.93 bits per heavy atom. The number of methoxy groups -OCH3 is 1. The lowest BCUT2D eigenvalue weighted by molar-refractivity contribution is 0.0363. The van der Waals surface area contributed by atoms with Gasteiger partial charge >= 0.3 is 0 Å². The van der Waals surface area contributed by atoms with E-state index in [0.29, 0.717) is 37.0 Å². The maximum absolute atomic E-state index is 12.5. The molecule has 0 radical (unpaired) electrons. The van der Waals surface area contributed by atoms with Gasteiger partial charge in [-0.2, -0.15) is 0 Å². The van der Waals surface area contributed by atoms with Gasteiger partial charge in [-0.25, -0.2) is 0 Å². The largest absolute Gasteiger partial charge is 0.493 e. The van der Waals surface area contributed by atoms with Crippen LogP contribution in [-0.4, -0.2) is 61.9 Å². The highest BCUT2D eigenvalue weighted by Crippen LogP contribution is 2.35. The van der Waals surface area contributed by atoms with E-state index in [9.17, 15) is 4.79 Å². The van der Waals surface area contributed by atoms with Gasteiger partial charge in [0.15, 0.2) is 11.5 Å². The van der Waals surface area contributed by atoms with E-state index >= 15 is 0 Å². The molecule has 1 aromatic heterocycles. The number of carbonyl (C=O) groups excluding carboxylic acids is 1. The number of carbonyl (C=O) groups is 1. The molecule has 1 aromatic carbocycles. The number of aromatic nitrogens is 1. The third-order valence-electron chi connectivity index (χ3n) is 5.31.